The molecular weight excluding hydrogens is 419 g/mol. The Morgan fingerprint density at radius 1 is 1.00 bits per heavy atom. The molecule has 0 fully saturated rings. The number of rotatable bonds is 7. The molecule has 0 saturated heterocycles. The zero-order chi connectivity index (χ0) is 20.8. The Bertz CT molecular complexity index is 835. The maximum absolute atomic E-state index is 13.1. The molecule has 0 spiro atoms. The Morgan fingerprint density at radius 2 is 1.61 bits per heavy atom. The van der Waals surface area contributed by atoms with Crippen LogP contribution in [0.3, 0.4) is 0 Å². The van der Waals surface area contributed by atoms with Crippen LogP contribution in [0.4, 0.5) is 0 Å². The molecule has 2 aromatic rings. The molecule has 4 nitrogen and oxygen atoms in total. The lowest BCUT2D eigenvalue weighted by atomic mass is 10.1. The van der Waals surface area contributed by atoms with Crippen molar-refractivity contribution < 1.29 is 9.59 Å². The number of benzene rings is 2. The fourth-order valence-electron chi connectivity index (χ4n) is 2.76. The zero-order valence-electron chi connectivity index (χ0n) is 16.0. The quantitative estimate of drug-likeness (QED) is 0.647. The lowest BCUT2D eigenvalue weighted by molar-refractivity contribution is -0.140. The highest BCUT2D eigenvalue weighted by Gasteiger charge is 2.27. The first kappa shape index (κ1) is 22.5. The van der Waals surface area contributed by atoms with Crippen molar-refractivity contribution in [3.63, 3.8) is 0 Å². The largest absolute Gasteiger partial charge is 0.352 e. The van der Waals surface area contributed by atoms with Gasteiger partial charge in [0.15, 0.2) is 0 Å². The molecule has 0 unspecified atom stereocenters. The van der Waals surface area contributed by atoms with Crippen LogP contribution in [0.15, 0.2) is 42.5 Å². The summed E-state index contributed by atoms with van der Waals surface area (Å²) in [4.78, 5) is 27.2. The molecular formula is C21H23Cl3N2O2. The molecule has 7 heteroatoms. The third kappa shape index (κ3) is 6.13. The summed E-state index contributed by atoms with van der Waals surface area (Å²) < 4.78 is 0. The summed E-state index contributed by atoms with van der Waals surface area (Å²) in [7, 11) is 0. The van der Waals surface area contributed by atoms with E-state index in [4.69, 9.17) is 34.8 Å². The topological polar surface area (TPSA) is 49.4 Å². The van der Waals surface area contributed by atoms with Gasteiger partial charge in [0.2, 0.25) is 11.8 Å². The van der Waals surface area contributed by atoms with Crippen LogP contribution in [0, 0.1) is 0 Å². The minimum Gasteiger partial charge on any atom is -0.352 e. The second-order valence-electron chi connectivity index (χ2n) is 6.87. The van der Waals surface area contributed by atoms with E-state index in [1.54, 1.807) is 43.3 Å². The van der Waals surface area contributed by atoms with Crippen molar-refractivity contribution in [2.75, 3.05) is 0 Å². The van der Waals surface area contributed by atoms with Gasteiger partial charge in [-0.15, -0.1) is 0 Å². The SMILES string of the molecule is CC(C)NC(=O)[C@H](C)N(Cc1c(Cl)cccc1Cl)C(=O)Cc1cccc(Cl)c1. The first-order chi connectivity index (χ1) is 13.2. The minimum absolute atomic E-state index is 0.0382. The van der Waals surface area contributed by atoms with Crippen molar-refractivity contribution in [1.82, 2.24) is 10.2 Å². The van der Waals surface area contributed by atoms with E-state index < -0.39 is 6.04 Å². The van der Waals surface area contributed by atoms with Crippen molar-refractivity contribution in [3.05, 3.63) is 68.7 Å². The molecule has 1 atom stereocenters. The molecule has 0 radical (unpaired) electrons. The smallest absolute Gasteiger partial charge is 0.242 e. The number of carbonyl (C=O) groups excluding carboxylic acids is 2. The summed E-state index contributed by atoms with van der Waals surface area (Å²) in [6.45, 7) is 5.56. The molecule has 0 aliphatic rings. The van der Waals surface area contributed by atoms with Gasteiger partial charge >= 0.3 is 0 Å². The fourth-order valence-corrected chi connectivity index (χ4v) is 3.49. The fraction of sp³-hybridized carbons (Fsp3) is 0.333. The molecule has 2 amide bonds. The Kier molecular flexibility index (Phi) is 8.17. The van der Waals surface area contributed by atoms with E-state index in [0.717, 1.165) is 5.56 Å². The number of hydrogen-bond acceptors (Lipinski definition) is 2. The normalized spacial score (nSPS) is 12.0. The van der Waals surface area contributed by atoms with Gasteiger partial charge < -0.3 is 10.2 Å². The molecule has 0 aliphatic heterocycles. The number of nitrogens with one attached hydrogen (secondary N) is 1. The first-order valence-corrected chi connectivity index (χ1v) is 10.1. The second kappa shape index (κ2) is 10.1. The Labute approximate surface area is 180 Å². The molecule has 0 heterocycles. The molecule has 0 bridgehead atoms. The van der Waals surface area contributed by atoms with Crippen LogP contribution in [0.5, 0.6) is 0 Å². The Hall–Kier alpha value is -1.75. The summed E-state index contributed by atoms with van der Waals surface area (Å²) in [6.07, 6.45) is 0.113. The molecule has 0 saturated carbocycles. The molecule has 0 aromatic heterocycles. The van der Waals surface area contributed by atoms with Crippen LogP contribution in [-0.4, -0.2) is 28.8 Å². The lowest BCUT2D eigenvalue weighted by Gasteiger charge is -2.30. The van der Waals surface area contributed by atoms with Gasteiger partial charge in [-0.2, -0.15) is 0 Å². The van der Waals surface area contributed by atoms with Gasteiger partial charge in [0.1, 0.15) is 6.04 Å². The molecule has 1 N–H and O–H groups in total. The van der Waals surface area contributed by atoms with Crippen LogP contribution < -0.4 is 5.32 Å². The van der Waals surface area contributed by atoms with Gasteiger partial charge in [-0.05, 0) is 50.6 Å². The Morgan fingerprint density at radius 3 is 2.18 bits per heavy atom. The summed E-state index contributed by atoms with van der Waals surface area (Å²) in [5.74, 6) is -0.456. The third-order valence-corrected chi connectivity index (χ3v) is 5.18. The van der Waals surface area contributed by atoms with Crippen LogP contribution >= 0.6 is 34.8 Å². The molecule has 28 heavy (non-hydrogen) atoms. The van der Waals surface area contributed by atoms with Gasteiger partial charge in [-0.25, -0.2) is 0 Å². The van der Waals surface area contributed by atoms with E-state index in [1.165, 1.54) is 4.90 Å². The Balaban J connectivity index is 2.31. The molecule has 2 rings (SSSR count). The maximum Gasteiger partial charge on any atom is 0.242 e. The van der Waals surface area contributed by atoms with Gasteiger partial charge in [-0.1, -0.05) is 53.0 Å². The number of amides is 2. The van der Waals surface area contributed by atoms with E-state index >= 15 is 0 Å². The van der Waals surface area contributed by atoms with Crippen LogP contribution in [0.2, 0.25) is 15.1 Å². The van der Waals surface area contributed by atoms with Crippen molar-refractivity contribution >= 4 is 46.6 Å². The van der Waals surface area contributed by atoms with Crippen LogP contribution in [0.25, 0.3) is 0 Å². The zero-order valence-corrected chi connectivity index (χ0v) is 18.3. The predicted molar refractivity (Wildman–Crippen MR) is 115 cm³/mol. The van der Waals surface area contributed by atoms with Crippen LogP contribution in [0.1, 0.15) is 31.9 Å². The van der Waals surface area contributed by atoms with E-state index in [-0.39, 0.29) is 30.8 Å². The highest BCUT2D eigenvalue weighted by molar-refractivity contribution is 6.36. The standard InChI is InChI=1S/C21H23Cl3N2O2/c1-13(2)25-21(28)14(3)26(12-17-18(23)8-5-9-19(17)24)20(27)11-15-6-4-7-16(22)10-15/h4-10,13-14H,11-12H2,1-3H3,(H,25,28)/t14-/m0/s1. The molecule has 0 aliphatic carbocycles. The van der Waals surface area contributed by atoms with Crippen molar-refractivity contribution in [3.8, 4) is 0 Å². The maximum atomic E-state index is 13.1. The van der Waals surface area contributed by atoms with E-state index in [0.29, 0.717) is 20.6 Å². The summed E-state index contributed by atoms with van der Waals surface area (Å²) in [5, 5.41) is 4.30. The monoisotopic (exact) mass is 440 g/mol. The number of nitrogens with zero attached hydrogens (tertiary/aromatic N) is 1. The van der Waals surface area contributed by atoms with Crippen LogP contribution in [-0.2, 0) is 22.6 Å². The van der Waals surface area contributed by atoms with E-state index in [1.807, 2.05) is 19.9 Å². The van der Waals surface area contributed by atoms with Crippen molar-refractivity contribution in [2.45, 2.75) is 45.8 Å². The van der Waals surface area contributed by atoms with E-state index in [2.05, 4.69) is 5.32 Å². The first-order valence-electron chi connectivity index (χ1n) is 8.96. The number of halogens is 3. The minimum atomic E-state index is -0.693. The highest BCUT2D eigenvalue weighted by Crippen LogP contribution is 2.27. The second-order valence-corrected chi connectivity index (χ2v) is 8.12. The summed E-state index contributed by atoms with van der Waals surface area (Å²) in [5.41, 5.74) is 1.37. The third-order valence-electron chi connectivity index (χ3n) is 4.23. The predicted octanol–water partition coefficient (Wildman–Crippen LogP) is 5.13. The average Bonchev–Trinajstić information content (AvgIpc) is 2.60. The lowest BCUT2D eigenvalue weighted by Crippen LogP contribution is -2.49. The van der Waals surface area contributed by atoms with Gasteiger partial charge in [0, 0.05) is 33.2 Å². The molecule has 2 aromatic carbocycles. The average molecular weight is 442 g/mol. The van der Waals surface area contributed by atoms with Crippen molar-refractivity contribution in [1.29, 1.82) is 0 Å². The number of carbonyl (C=O) groups is 2. The summed E-state index contributed by atoms with van der Waals surface area (Å²) >= 11 is 18.6. The molecule has 150 valence electrons. The van der Waals surface area contributed by atoms with Gasteiger partial charge in [-0.3, -0.25) is 9.59 Å². The van der Waals surface area contributed by atoms with Gasteiger partial charge in [0.25, 0.3) is 0 Å². The number of hydrogen-bond donors (Lipinski definition) is 1. The van der Waals surface area contributed by atoms with Gasteiger partial charge in [0.05, 0.1) is 6.42 Å². The highest BCUT2D eigenvalue weighted by atomic mass is 35.5. The van der Waals surface area contributed by atoms with E-state index in [9.17, 15) is 9.59 Å². The van der Waals surface area contributed by atoms with Crippen molar-refractivity contribution in [2.24, 2.45) is 0 Å². The summed E-state index contributed by atoms with van der Waals surface area (Å²) in [6, 6.07) is 11.5.